The molecule has 2 aromatic heterocycles. The third-order valence-corrected chi connectivity index (χ3v) is 5.75. The van der Waals surface area contributed by atoms with E-state index in [0.717, 1.165) is 22.7 Å². The topological polar surface area (TPSA) is 87.9 Å². The van der Waals surface area contributed by atoms with Gasteiger partial charge in [0, 0.05) is 16.6 Å². The highest BCUT2D eigenvalue weighted by molar-refractivity contribution is 8.00. The molecule has 1 amide bonds. The standard InChI is InChI=1S/C20H18N4O2S2/c1-12-8-9-14(10-21)19(22-12)28-13(2)18(25)24-20-23-16(11-27-20)15-6-4-5-7-17(15)26-3/h4-9,11,13H,1-3H3,(H,23,24,25). The zero-order valence-corrected chi connectivity index (χ0v) is 17.2. The van der Waals surface area contributed by atoms with Crippen molar-refractivity contribution in [2.45, 2.75) is 24.1 Å². The lowest BCUT2D eigenvalue weighted by Crippen LogP contribution is -2.22. The molecule has 2 heterocycles. The van der Waals surface area contributed by atoms with Gasteiger partial charge in [0.05, 0.1) is 23.6 Å². The van der Waals surface area contributed by atoms with Crippen molar-refractivity contribution in [3.8, 4) is 23.1 Å². The normalized spacial score (nSPS) is 11.5. The van der Waals surface area contributed by atoms with Crippen LogP contribution in [0.5, 0.6) is 5.75 Å². The molecule has 0 saturated heterocycles. The lowest BCUT2D eigenvalue weighted by Gasteiger charge is -2.11. The maximum Gasteiger partial charge on any atom is 0.239 e. The van der Waals surface area contributed by atoms with E-state index in [4.69, 9.17) is 4.74 Å². The molecular formula is C20H18N4O2S2. The van der Waals surface area contributed by atoms with Gasteiger partial charge < -0.3 is 10.1 Å². The number of amides is 1. The van der Waals surface area contributed by atoms with Crippen molar-refractivity contribution >= 4 is 34.1 Å². The number of hydrogen-bond donors (Lipinski definition) is 1. The van der Waals surface area contributed by atoms with Gasteiger partial charge in [0.15, 0.2) is 5.13 Å². The maximum absolute atomic E-state index is 12.6. The fourth-order valence-corrected chi connectivity index (χ4v) is 4.10. The van der Waals surface area contributed by atoms with Crippen molar-refractivity contribution < 1.29 is 9.53 Å². The predicted octanol–water partition coefficient (Wildman–Crippen LogP) is 4.51. The van der Waals surface area contributed by atoms with Crippen LogP contribution in [0.2, 0.25) is 0 Å². The Morgan fingerprint density at radius 1 is 1.29 bits per heavy atom. The van der Waals surface area contributed by atoms with E-state index in [1.54, 1.807) is 26.2 Å². The van der Waals surface area contributed by atoms with E-state index in [0.29, 0.717) is 15.7 Å². The van der Waals surface area contributed by atoms with Gasteiger partial charge in [-0.3, -0.25) is 4.79 Å². The van der Waals surface area contributed by atoms with Crippen molar-refractivity contribution in [3.63, 3.8) is 0 Å². The smallest absolute Gasteiger partial charge is 0.239 e. The Hall–Kier alpha value is -2.89. The number of rotatable bonds is 6. The molecule has 1 aromatic carbocycles. The maximum atomic E-state index is 12.6. The van der Waals surface area contributed by atoms with E-state index in [-0.39, 0.29) is 5.91 Å². The first kappa shape index (κ1) is 19.9. The minimum atomic E-state index is -0.431. The van der Waals surface area contributed by atoms with Crippen LogP contribution in [0.15, 0.2) is 46.8 Å². The molecule has 6 nitrogen and oxygen atoms in total. The minimum absolute atomic E-state index is 0.196. The molecule has 3 rings (SSSR count). The number of pyridine rings is 1. The summed E-state index contributed by atoms with van der Waals surface area (Å²) in [5.41, 5.74) is 2.87. The molecule has 0 radical (unpaired) electrons. The summed E-state index contributed by atoms with van der Waals surface area (Å²) in [5, 5.41) is 14.6. The Bertz CT molecular complexity index is 1040. The fourth-order valence-electron chi connectivity index (χ4n) is 2.45. The molecule has 28 heavy (non-hydrogen) atoms. The van der Waals surface area contributed by atoms with Crippen LogP contribution in [-0.4, -0.2) is 28.2 Å². The van der Waals surface area contributed by atoms with Crippen LogP contribution < -0.4 is 10.1 Å². The molecule has 0 aliphatic carbocycles. The summed E-state index contributed by atoms with van der Waals surface area (Å²) in [6.07, 6.45) is 0. The largest absolute Gasteiger partial charge is 0.496 e. The lowest BCUT2D eigenvalue weighted by atomic mass is 10.1. The number of hydrogen-bond acceptors (Lipinski definition) is 7. The molecule has 1 atom stereocenters. The van der Waals surface area contributed by atoms with E-state index in [1.807, 2.05) is 36.6 Å². The minimum Gasteiger partial charge on any atom is -0.496 e. The summed E-state index contributed by atoms with van der Waals surface area (Å²) in [7, 11) is 1.61. The van der Waals surface area contributed by atoms with Gasteiger partial charge in [0.25, 0.3) is 0 Å². The lowest BCUT2D eigenvalue weighted by molar-refractivity contribution is -0.115. The fraction of sp³-hybridized carbons (Fsp3) is 0.200. The number of nitrogens with zero attached hydrogens (tertiary/aromatic N) is 3. The van der Waals surface area contributed by atoms with Crippen molar-refractivity contribution in [2.24, 2.45) is 0 Å². The second-order valence-electron chi connectivity index (χ2n) is 5.90. The van der Waals surface area contributed by atoms with Gasteiger partial charge in [0.2, 0.25) is 5.91 Å². The van der Waals surface area contributed by atoms with Crippen LogP contribution in [0.1, 0.15) is 18.2 Å². The van der Waals surface area contributed by atoms with E-state index in [9.17, 15) is 10.1 Å². The van der Waals surface area contributed by atoms with Gasteiger partial charge in [-0.1, -0.05) is 23.9 Å². The van der Waals surface area contributed by atoms with Crippen molar-refractivity contribution in [1.82, 2.24) is 9.97 Å². The summed E-state index contributed by atoms with van der Waals surface area (Å²) >= 11 is 2.61. The number of nitrogens with one attached hydrogen (secondary N) is 1. The summed E-state index contributed by atoms with van der Waals surface area (Å²) in [6.45, 7) is 3.63. The van der Waals surface area contributed by atoms with Gasteiger partial charge in [-0.25, -0.2) is 9.97 Å². The third-order valence-electron chi connectivity index (χ3n) is 3.89. The number of thiazole rings is 1. The van der Waals surface area contributed by atoms with Crippen molar-refractivity contribution in [2.75, 3.05) is 12.4 Å². The molecule has 0 bridgehead atoms. The molecule has 3 aromatic rings. The predicted molar refractivity (Wildman–Crippen MR) is 112 cm³/mol. The average Bonchev–Trinajstić information content (AvgIpc) is 3.16. The van der Waals surface area contributed by atoms with Crippen LogP contribution in [0.3, 0.4) is 0 Å². The summed E-state index contributed by atoms with van der Waals surface area (Å²) in [5.74, 6) is 0.530. The van der Waals surface area contributed by atoms with E-state index >= 15 is 0 Å². The second-order valence-corrected chi connectivity index (χ2v) is 8.09. The van der Waals surface area contributed by atoms with Crippen LogP contribution in [0.4, 0.5) is 5.13 Å². The molecule has 0 aliphatic rings. The second kappa shape index (κ2) is 8.87. The van der Waals surface area contributed by atoms with Gasteiger partial charge in [-0.2, -0.15) is 5.26 Å². The van der Waals surface area contributed by atoms with Crippen molar-refractivity contribution in [3.05, 3.63) is 53.0 Å². The molecule has 142 valence electrons. The Morgan fingerprint density at radius 2 is 2.07 bits per heavy atom. The summed E-state index contributed by atoms with van der Waals surface area (Å²) in [4.78, 5) is 21.4. The van der Waals surface area contributed by atoms with E-state index in [1.165, 1.54) is 23.1 Å². The number of benzene rings is 1. The van der Waals surface area contributed by atoms with E-state index in [2.05, 4.69) is 21.4 Å². The number of anilines is 1. The number of aromatic nitrogens is 2. The monoisotopic (exact) mass is 410 g/mol. The molecular weight excluding hydrogens is 392 g/mol. The molecule has 0 aliphatic heterocycles. The first-order chi connectivity index (χ1) is 13.5. The van der Waals surface area contributed by atoms with Gasteiger partial charge in [-0.05, 0) is 38.1 Å². The SMILES string of the molecule is COc1ccccc1-c1csc(NC(=O)C(C)Sc2nc(C)ccc2C#N)n1. The first-order valence-corrected chi connectivity index (χ1v) is 10.2. The van der Waals surface area contributed by atoms with E-state index < -0.39 is 5.25 Å². The number of carbonyl (C=O) groups is 1. The number of thioether (sulfide) groups is 1. The summed E-state index contributed by atoms with van der Waals surface area (Å²) < 4.78 is 5.37. The molecule has 0 fully saturated rings. The number of ether oxygens (including phenoxy) is 1. The van der Waals surface area contributed by atoms with Crippen LogP contribution in [-0.2, 0) is 4.79 Å². The van der Waals surface area contributed by atoms with Gasteiger partial charge in [0.1, 0.15) is 16.8 Å². The highest BCUT2D eigenvalue weighted by atomic mass is 32.2. The zero-order chi connectivity index (χ0) is 20.1. The zero-order valence-electron chi connectivity index (χ0n) is 15.6. The van der Waals surface area contributed by atoms with Gasteiger partial charge in [-0.15, -0.1) is 11.3 Å². The number of para-hydroxylation sites is 1. The number of nitriles is 1. The Balaban J connectivity index is 1.71. The molecule has 0 spiro atoms. The Kier molecular flexibility index (Phi) is 6.29. The molecule has 1 unspecified atom stereocenters. The molecule has 1 N–H and O–H groups in total. The molecule has 0 saturated carbocycles. The van der Waals surface area contributed by atoms with Crippen LogP contribution in [0, 0.1) is 18.3 Å². The van der Waals surface area contributed by atoms with Crippen LogP contribution in [0.25, 0.3) is 11.3 Å². The number of methoxy groups -OCH3 is 1. The Morgan fingerprint density at radius 3 is 2.82 bits per heavy atom. The average molecular weight is 411 g/mol. The van der Waals surface area contributed by atoms with Crippen LogP contribution >= 0.6 is 23.1 Å². The quantitative estimate of drug-likeness (QED) is 0.602. The summed E-state index contributed by atoms with van der Waals surface area (Å²) in [6, 6.07) is 13.2. The molecule has 8 heteroatoms. The van der Waals surface area contributed by atoms with Crippen molar-refractivity contribution in [1.29, 1.82) is 5.26 Å². The number of carbonyl (C=O) groups excluding carboxylic acids is 1. The highest BCUT2D eigenvalue weighted by Gasteiger charge is 2.19. The highest BCUT2D eigenvalue weighted by Crippen LogP contribution is 2.32. The number of aryl methyl sites for hydroxylation is 1. The Labute approximate surface area is 171 Å². The third kappa shape index (κ3) is 4.50. The van der Waals surface area contributed by atoms with Gasteiger partial charge >= 0.3 is 0 Å². The first-order valence-electron chi connectivity index (χ1n) is 8.46.